The highest BCUT2D eigenvalue weighted by atomic mass is 16.6. The maximum Gasteiger partial charge on any atom is 0.334 e. The second-order valence-electron chi connectivity index (χ2n) is 5.66. The second-order valence-corrected chi connectivity index (χ2v) is 5.66. The summed E-state index contributed by atoms with van der Waals surface area (Å²) in [6.07, 6.45) is 0. The van der Waals surface area contributed by atoms with Crippen molar-refractivity contribution < 1.29 is 14.8 Å². The molecular formula is C12H20N4O4. The molecule has 0 saturated carbocycles. The number of carbonyl (C=O) groups is 1. The Kier molecular flexibility index (Phi) is 4.36. The Bertz CT molecular complexity index is 534. The van der Waals surface area contributed by atoms with Gasteiger partial charge in [-0.1, -0.05) is 13.8 Å². The van der Waals surface area contributed by atoms with E-state index in [4.69, 9.17) is 5.11 Å². The molecule has 0 radical (unpaired) electrons. The Labute approximate surface area is 116 Å². The van der Waals surface area contributed by atoms with Crippen LogP contribution in [0.25, 0.3) is 0 Å². The van der Waals surface area contributed by atoms with Crippen LogP contribution in [0.4, 0.5) is 11.5 Å². The van der Waals surface area contributed by atoms with Crippen molar-refractivity contribution in [2.75, 3.05) is 11.9 Å². The van der Waals surface area contributed by atoms with Crippen LogP contribution in [0.1, 0.15) is 39.3 Å². The summed E-state index contributed by atoms with van der Waals surface area (Å²) in [5, 5.41) is 27.3. The number of nitrogens with one attached hydrogen (secondary N) is 1. The van der Waals surface area contributed by atoms with Crippen molar-refractivity contribution in [2.45, 2.75) is 33.6 Å². The molecule has 0 aromatic carbocycles. The number of aryl methyl sites for hydroxylation is 1. The van der Waals surface area contributed by atoms with Crippen LogP contribution in [-0.2, 0) is 11.8 Å². The maximum atomic E-state index is 11.2. The van der Waals surface area contributed by atoms with Crippen LogP contribution in [-0.4, -0.2) is 32.3 Å². The number of nitrogens with zero attached hydrogens (tertiary/aromatic N) is 3. The van der Waals surface area contributed by atoms with Crippen LogP contribution in [0.2, 0.25) is 0 Å². The lowest BCUT2D eigenvalue weighted by molar-refractivity contribution is -0.384. The molecular weight excluding hydrogens is 264 g/mol. The lowest BCUT2D eigenvalue weighted by Crippen LogP contribution is -2.32. The average Bonchev–Trinajstić information content (AvgIpc) is 2.64. The van der Waals surface area contributed by atoms with Gasteiger partial charge in [0.2, 0.25) is 5.82 Å². The third kappa shape index (κ3) is 3.06. The predicted octanol–water partition coefficient (Wildman–Crippen LogP) is 1.97. The summed E-state index contributed by atoms with van der Waals surface area (Å²) in [5.74, 6) is -0.837. The zero-order chi connectivity index (χ0) is 15.7. The molecule has 0 unspecified atom stereocenters. The van der Waals surface area contributed by atoms with Gasteiger partial charge in [0.25, 0.3) is 0 Å². The van der Waals surface area contributed by atoms with Gasteiger partial charge in [0.05, 0.1) is 10.3 Å². The van der Waals surface area contributed by atoms with Crippen molar-refractivity contribution in [3.05, 3.63) is 15.8 Å². The molecule has 20 heavy (non-hydrogen) atoms. The van der Waals surface area contributed by atoms with Gasteiger partial charge in [0.1, 0.15) is 5.69 Å². The third-order valence-electron chi connectivity index (χ3n) is 3.05. The van der Waals surface area contributed by atoms with Gasteiger partial charge in [-0.2, -0.15) is 5.10 Å². The first-order valence-corrected chi connectivity index (χ1v) is 6.26. The van der Waals surface area contributed by atoms with Gasteiger partial charge < -0.3 is 10.4 Å². The molecule has 0 spiro atoms. The molecule has 2 N–H and O–H groups in total. The molecule has 0 amide bonds. The van der Waals surface area contributed by atoms with E-state index in [1.165, 1.54) is 4.68 Å². The predicted molar refractivity (Wildman–Crippen MR) is 73.9 cm³/mol. The SMILES string of the molecule is CC(C)c1nn(C)c(NCC(C)(C)C(=O)O)c1[N+](=O)[O-]. The minimum atomic E-state index is -1.03. The number of nitro groups is 1. The quantitative estimate of drug-likeness (QED) is 0.610. The van der Waals surface area contributed by atoms with E-state index in [-0.39, 0.29) is 24.0 Å². The topological polar surface area (TPSA) is 110 Å². The highest BCUT2D eigenvalue weighted by molar-refractivity contribution is 5.74. The monoisotopic (exact) mass is 284 g/mol. The first-order valence-electron chi connectivity index (χ1n) is 6.26. The molecule has 8 nitrogen and oxygen atoms in total. The van der Waals surface area contributed by atoms with Crippen molar-refractivity contribution in [1.82, 2.24) is 9.78 Å². The van der Waals surface area contributed by atoms with E-state index in [1.54, 1.807) is 20.9 Å². The molecule has 1 heterocycles. The van der Waals surface area contributed by atoms with Crippen molar-refractivity contribution >= 4 is 17.5 Å². The van der Waals surface area contributed by atoms with Gasteiger partial charge in [-0.05, 0) is 13.8 Å². The molecule has 0 aliphatic heterocycles. The van der Waals surface area contributed by atoms with Gasteiger partial charge in [-0.3, -0.25) is 14.9 Å². The normalized spacial score (nSPS) is 11.7. The van der Waals surface area contributed by atoms with E-state index in [1.807, 2.05) is 13.8 Å². The van der Waals surface area contributed by atoms with Crippen LogP contribution in [0.3, 0.4) is 0 Å². The highest BCUT2D eigenvalue weighted by Gasteiger charge is 2.32. The number of rotatable bonds is 6. The van der Waals surface area contributed by atoms with E-state index in [9.17, 15) is 14.9 Å². The third-order valence-corrected chi connectivity index (χ3v) is 3.05. The van der Waals surface area contributed by atoms with E-state index >= 15 is 0 Å². The molecule has 1 aromatic heterocycles. The van der Waals surface area contributed by atoms with E-state index < -0.39 is 16.3 Å². The first kappa shape index (κ1) is 15.9. The average molecular weight is 284 g/mol. The maximum absolute atomic E-state index is 11.2. The summed E-state index contributed by atoms with van der Waals surface area (Å²) in [7, 11) is 1.59. The molecule has 0 aliphatic rings. The molecule has 112 valence electrons. The second kappa shape index (κ2) is 5.48. The lowest BCUT2D eigenvalue weighted by atomic mass is 9.94. The van der Waals surface area contributed by atoms with E-state index in [0.29, 0.717) is 5.69 Å². The number of anilines is 1. The molecule has 0 saturated heterocycles. The smallest absolute Gasteiger partial charge is 0.334 e. The highest BCUT2D eigenvalue weighted by Crippen LogP contribution is 2.33. The van der Waals surface area contributed by atoms with Crippen LogP contribution in [0.5, 0.6) is 0 Å². The number of carboxylic acids is 1. The Morgan fingerprint density at radius 1 is 1.55 bits per heavy atom. The number of hydrogen-bond acceptors (Lipinski definition) is 5. The summed E-state index contributed by atoms with van der Waals surface area (Å²) in [6.45, 7) is 6.81. The van der Waals surface area contributed by atoms with Crippen molar-refractivity contribution in [2.24, 2.45) is 12.5 Å². The molecule has 1 rings (SSSR count). The molecule has 0 atom stereocenters. The molecule has 0 fully saturated rings. The van der Waals surface area contributed by atoms with Crippen molar-refractivity contribution in [3.8, 4) is 0 Å². The van der Waals surface area contributed by atoms with Gasteiger partial charge in [0, 0.05) is 19.5 Å². The number of aliphatic carboxylic acids is 1. The fraction of sp³-hybridized carbons (Fsp3) is 0.667. The largest absolute Gasteiger partial charge is 0.481 e. The van der Waals surface area contributed by atoms with E-state index in [2.05, 4.69) is 10.4 Å². The zero-order valence-corrected chi connectivity index (χ0v) is 12.3. The summed E-state index contributed by atoms with van der Waals surface area (Å²) in [4.78, 5) is 21.8. The molecule has 0 aliphatic carbocycles. The number of aromatic nitrogens is 2. The Balaban J connectivity index is 3.13. The summed E-state index contributed by atoms with van der Waals surface area (Å²) in [6, 6.07) is 0. The summed E-state index contributed by atoms with van der Waals surface area (Å²) in [5.41, 5.74) is -0.743. The van der Waals surface area contributed by atoms with Crippen LogP contribution in [0, 0.1) is 15.5 Å². The number of carboxylic acid groups (broad SMARTS) is 1. The minimum Gasteiger partial charge on any atom is -0.481 e. The van der Waals surface area contributed by atoms with E-state index in [0.717, 1.165) is 0 Å². The first-order chi connectivity index (χ1) is 9.08. The Morgan fingerprint density at radius 2 is 2.10 bits per heavy atom. The fourth-order valence-electron chi connectivity index (χ4n) is 1.68. The lowest BCUT2D eigenvalue weighted by Gasteiger charge is -2.19. The van der Waals surface area contributed by atoms with Gasteiger partial charge >= 0.3 is 11.7 Å². The van der Waals surface area contributed by atoms with Crippen LogP contribution in [0.15, 0.2) is 0 Å². The fourth-order valence-corrected chi connectivity index (χ4v) is 1.68. The zero-order valence-electron chi connectivity index (χ0n) is 12.3. The minimum absolute atomic E-state index is 0.0697. The summed E-state index contributed by atoms with van der Waals surface area (Å²) >= 11 is 0. The number of hydrogen-bond donors (Lipinski definition) is 2. The summed E-state index contributed by atoms with van der Waals surface area (Å²) < 4.78 is 1.38. The molecule has 0 bridgehead atoms. The van der Waals surface area contributed by atoms with Crippen LogP contribution >= 0.6 is 0 Å². The van der Waals surface area contributed by atoms with Gasteiger partial charge in [0.15, 0.2) is 0 Å². The van der Waals surface area contributed by atoms with Crippen LogP contribution < -0.4 is 5.32 Å². The van der Waals surface area contributed by atoms with Gasteiger partial charge in [-0.15, -0.1) is 0 Å². The van der Waals surface area contributed by atoms with Crippen molar-refractivity contribution in [1.29, 1.82) is 0 Å². The Hall–Kier alpha value is -2.12. The van der Waals surface area contributed by atoms with Gasteiger partial charge in [-0.25, -0.2) is 4.68 Å². The Morgan fingerprint density at radius 3 is 2.50 bits per heavy atom. The molecule has 1 aromatic rings. The molecule has 8 heteroatoms. The standard InChI is InChI=1S/C12H20N4O4/c1-7(2)8-9(16(19)20)10(15(5)14-8)13-6-12(3,4)11(17)18/h7,13H,6H2,1-5H3,(H,17,18). The van der Waals surface area contributed by atoms with Crippen molar-refractivity contribution in [3.63, 3.8) is 0 Å².